The zero-order valence-electron chi connectivity index (χ0n) is 13.8. The first-order valence-electron chi connectivity index (χ1n) is 8.08. The van der Waals surface area contributed by atoms with Gasteiger partial charge < -0.3 is 10.1 Å². The van der Waals surface area contributed by atoms with Crippen LogP contribution >= 0.6 is 0 Å². The predicted molar refractivity (Wildman–Crippen MR) is 84.7 cm³/mol. The minimum atomic E-state index is -1.06. The van der Waals surface area contributed by atoms with Gasteiger partial charge in [0.15, 0.2) is 6.61 Å². The molecule has 1 aliphatic carbocycles. The van der Waals surface area contributed by atoms with E-state index < -0.39 is 36.1 Å². The summed E-state index contributed by atoms with van der Waals surface area (Å²) in [7, 11) is 0. The van der Waals surface area contributed by atoms with Crippen molar-refractivity contribution in [1.82, 2.24) is 10.6 Å². The molecule has 3 amide bonds. The van der Waals surface area contributed by atoms with E-state index in [1.165, 1.54) is 0 Å². The molecule has 136 valence electrons. The molecule has 1 aromatic rings. The summed E-state index contributed by atoms with van der Waals surface area (Å²) in [5, 5.41) is 4.79. The van der Waals surface area contributed by atoms with E-state index >= 15 is 0 Å². The Morgan fingerprint density at radius 2 is 1.76 bits per heavy atom. The molecule has 8 heteroatoms. The van der Waals surface area contributed by atoms with Crippen LogP contribution in [0.2, 0.25) is 0 Å². The van der Waals surface area contributed by atoms with Crippen molar-refractivity contribution in [2.45, 2.75) is 38.6 Å². The van der Waals surface area contributed by atoms with E-state index in [0.29, 0.717) is 12.0 Å². The van der Waals surface area contributed by atoms with E-state index in [4.69, 9.17) is 0 Å². The van der Waals surface area contributed by atoms with E-state index in [9.17, 15) is 23.2 Å². The Bertz CT molecular complexity index is 646. The van der Waals surface area contributed by atoms with Crippen LogP contribution in [0.25, 0.3) is 0 Å². The molecule has 0 bridgehead atoms. The minimum absolute atomic E-state index is 0.000584. The van der Waals surface area contributed by atoms with Gasteiger partial charge in [-0.2, -0.15) is 0 Å². The first kappa shape index (κ1) is 18.8. The Morgan fingerprint density at radius 3 is 2.40 bits per heavy atom. The van der Waals surface area contributed by atoms with Crippen molar-refractivity contribution in [2.75, 3.05) is 6.61 Å². The first-order chi connectivity index (χ1) is 11.8. The van der Waals surface area contributed by atoms with Gasteiger partial charge in [0.1, 0.15) is 11.6 Å². The standard InChI is InChI=1S/C17H20F2N2O4/c1-10-4-2-3-5-14(10)20-17(24)21-15(22)9-25-16(23)11-6-12(18)8-13(19)7-11/h6-8,10,14H,2-5,9H2,1H3,(H2,20,21,22,24). The number of nitrogens with one attached hydrogen (secondary N) is 2. The van der Waals surface area contributed by atoms with Gasteiger partial charge in [0, 0.05) is 12.1 Å². The highest BCUT2D eigenvalue weighted by Crippen LogP contribution is 2.23. The van der Waals surface area contributed by atoms with Crippen LogP contribution in [0.1, 0.15) is 43.0 Å². The van der Waals surface area contributed by atoms with Gasteiger partial charge in [0.05, 0.1) is 5.56 Å². The zero-order chi connectivity index (χ0) is 18.4. The Kier molecular flexibility index (Phi) is 6.44. The number of benzene rings is 1. The van der Waals surface area contributed by atoms with Crippen LogP contribution in [0.5, 0.6) is 0 Å². The second-order valence-corrected chi connectivity index (χ2v) is 6.12. The lowest BCUT2D eigenvalue weighted by Gasteiger charge is -2.29. The molecule has 2 atom stereocenters. The smallest absolute Gasteiger partial charge is 0.338 e. The summed E-state index contributed by atoms with van der Waals surface area (Å²) < 4.78 is 30.7. The first-order valence-corrected chi connectivity index (χ1v) is 8.08. The lowest BCUT2D eigenvalue weighted by Crippen LogP contribution is -2.48. The van der Waals surface area contributed by atoms with E-state index in [1.54, 1.807) is 0 Å². The van der Waals surface area contributed by atoms with Gasteiger partial charge in [0.2, 0.25) is 0 Å². The van der Waals surface area contributed by atoms with Crippen molar-refractivity contribution in [3.05, 3.63) is 35.4 Å². The maximum Gasteiger partial charge on any atom is 0.338 e. The van der Waals surface area contributed by atoms with E-state index in [-0.39, 0.29) is 11.6 Å². The number of hydrogen-bond donors (Lipinski definition) is 2. The molecule has 0 spiro atoms. The third-order valence-corrected chi connectivity index (χ3v) is 4.11. The summed E-state index contributed by atoms with van der Waals surface area (Å²) in [6, 6.07) is 1.54. The van der Waals surface area contributed by atoms with E-state index in [1.807, 2.05) is 6.92 Å². The molecule has 1 saturated carbocycles. The summed E-state index contributed by atoms with van der Waals surface area (Å²) in [5.41, 5.74) is -0.356. The molecule has 0 heterocycles. The van der Waals surface area contributed by atoms with Gasteiger partial charge in [-0.15, -0.1) is 0 Å². The van der Waals surface area contributed by atoms with Crippen LogP contribution in [-0.2, 0) is 9.53 Å². The Morgan fingerprint density at radius 1 is 1.12 bits per heavy atom. The van der Waals surface area contributed by atoms with Crippen LogP contribution in [0.15, 0.2) is 18.2 Å². The van der Waals surface area contributed by atoms with Crippen molar-refractivity contribution >= 4 is 17.9 Å². The lowest BCUT2D eigenvalue weighted by atomic mass is 9.86. The number of rotatable bonds is 4. The van der Waals surface area contributed by atoms with Crippen LogP contribution in [-0.4, -0.2) is 30.6 Å². The molecule has 6 nitrogen and oxygen atoms in total. The molecule has 2 unspecified atom stereocenters. The summed E-state index contributed by atoms with van der Waals surface area (Å²) in [4.78, 5) is 35.1. The van der Waals surface area contributed by atoms with Crippen LogP contribution in [0.4, 0.5) is 13.6 Å². The van der Waals surface area contributed by atoms with Gasteiger partial charge >= 0.3 is 12.0 Å². The number of carbonyl (C=O) groups excluding carboxylic acids is 3. The highest BCUT2D eigenvalue weighted by molar-refractivity contribution is 5.97. The van der Waals surface area contributed by atoms with Crippen molar-refractivity contribution in [3.8, 4) is 0 Å². The molecular weight excluding hydrogens is 334 g/mol. The zero-order valence-corrected chi connectivity index (χ0v) is 13.8. The van der Waals surface area contributed by atoms with Crippen molar-refractivity contribution in [3.63, 3.8) is 0 Å². The van der Waals surface area contributed by atoms with E-state index in [0.717, 1.165) is 37.8 Å². The second-order valence-electron chi connectivity index (χ2n) is 6.12. The molecule has 1 aromatic carbocycles. The fourth-order valence-corrected chi connectivity index (χ4v) is 2.78. The van der Waals surface area contributed by atoms with Crippen molar-refractivity contribution in [2.24, 2.45) is 5.92 Å². The summed E-state index contributed by atoms with van der Waals surface area (Å²) >= 11 is 0. The monoisotopic (exact) mass is 354 g/mol. The molecule has 0 aliphatic heterocycles. The van der Waals surface area contributed by atoms with Crippen LogP contribution < -0.4 is 10.6 Å². The third-order valence-electron chi connectivity index (χ3n) is 4.11. The number of halogens is 2. The van der Waals surface area contributed by atoms with Gasteiger partial charge in [-0.1, -0.05) is 19.8 Å². The largest absolute Gasteiger partial charge is 0.452 e. The molecule has 25 heavy (non-hydrogen) atoms. The predicted octanol–water partition coefficient (Wildman–Crippen LogP) is 2.53. The van der Waals surface area contributed by atoms with Gasteiger partial charge in [0.25, 0.3) is 5.91 Å². The fourth-order valence-electron chi connectivity index (χ4n) is 2.78. The highest BCUT2D eigenvalue weighted by atomic mass is 19.1. The number of esters is 1. The number of imide groups is 1. The topological polar surface area (TPSA) is 84.5 Å². The van der Waals surface area contributed by atoms with Crippen molar-refractivity contribution < 1.29 is 27.9 Å². The average molecular weight is 354 g/mol. The van der Waals surface area contributed by atoms with Gasteiger partial charge in [-0.3, -0.25) is 10.1 Å². The molecule has 0 aromatic heterocycles. The highest BCUT2D eigenvalue weighted by Gasteiger charge is 2.23. The Labute approximate surface area is 143 Å². The normalized spacial score (nSPS) is 19.8. The summed E-state index contributed by atoms with van der Waals surface area (Å²) in [5.74, 6) is -3.42. The summed E-state index contributed by atoms with van der Waals surface area (Å²) in [6.45, 7) is 1.30. The molecular formula is C17H20F2N2O4. The Balaban J connectivity index is 1.77. The maximum absolute atomic E-state index is 13.0. The van der Waals surface area contributed by atoms with Crippen LogP contribution in [0, 0.1) is 17.6 Å². The molecule has 1 fully saturated rings. The molecule has 0 radical (unpaired) electrons. The summed E-state index contributed by atoms with van der Waals surface area (Å²) in [6.07, 6.45) is 4.01. The lowest BCUT2D eigenvalue weighted by molar-refractivity contribution is -0.123. The number of carbonyl (C=O) groups is 3. The number of amides is 3. The fraction of sp³-hybridized carbons (Fsp3) is 0.471. The Hall–Kier alpha value is -2.51. The number of hydrogen-bond acceptors (Lipinski definition) is 4. The second kappa shape index (κ2) is 8.55. The molecule has 2 N–H and O–H groups in total. The average Bonchev–Trinajstić information content (AvgIpc) is 2.53. The number of ether oxygens (including phenoxy) is 1. The van der Waals surface area contributed by atoms with Gasteiger partial charge in [-0.05, 0) is 30.9 Å². The molecule has 0 saturated heterocycles. The minimum Gasteiger partial charge on any atom is -0.452 e. The third kappa shape index (κ3) is 5.81. The SMILES string of the molecule is CC1CCCCC1NC(=O)NC(=O)COC(=O)c1cc(F)cc(F)c1. The van der Waals surface area contributed by atoms with E-state index in [2.05, 4.69) is 15.4 Å². The van der Waals surface area contributed by atoms with Crippen molar-refractivity contribution in [1.29, 1.82) is 0 Å². The quantitative estimate of drug-likeness (QED) is 0.814. The maximum atomic E-state index is 13.0. The molecule has 2 rings (SSSR count). The molecule has 1 aliphatic rings. The van der Waals surface area contributed by atoms with Crippen LogP contribution in [0.3, 0.4) is 0 Å². The van der Waals surface area contributed by atoms with Gasteiger partial charge in [-0.25, -0.2) is 18.4 Å². The number of urea groups is 1.